The highest BCUT2D eigenvalue weighted by Gasteiger charge is 2.09. The van der Waals surface area contributed by atoms with Gasteiger partial charge in [0.15, 0.2) is 10.9 Å². The maximum atomic E-state index is 8.92. The Morgan fingerprint density at radius 1 is 1.67 bits per heavy atom. The number of halogens is 2. The molecule has 0 aromatic carbocycles. The zero-order valence-electron chi connectivity index (χ0n) is 8.20. The fraction of sp³-hybridized carbons (Fsp3) is 0.300. The van der Waals surface area contributed by atoms with Crippen LogP contribution in [-0.4, -0.2) is 16.7 Å². The van der Waals surface area contributed by atoms with Gasteiger partial charge in [-0.05, 0) is 35.6 Å². The molecule has 1 N–H and O–H groups in total. The van der Waals surface area contributed by atoms with Gasteiger partial charge in [0.05, 0.1) is 15.9 Å². The van der Waals surface area contributed by atoms with Crippen molar-refractivity contribution in [2.75, 3.05) is 6.61 Å². The number of nitrogens with zero attached hydrogens (tertiary/aromatic N) is 1. The molecule has 0 unspecified atom stereocenters. The SMILES string of the molecule is C/C=C/COc1c(I)cc(CO)nc1Cl. The molecule has 1 aromatic heterocycles. The van der Waals surface area contributed by atoms with Crippen LogP contribution < -0.4 is 4.74 Å². The maximum absolute atomic E-state index is 8.92. The molecule has 5 heteroatoms. The molecule has 1 heterocycles. The second-order valence-electron chi connectivity index (χ2n) is 2.75. The van der Waals surface area contributed by atoms with E-state index in [0.717, 1.165) is 3.57 Å². The molecule has 0 fully saturated rings. The van der Waals surface area contributed by atoms with Crippen LogP contribution in [0.2, 0.25) is 5.15 Å². The van der Waals surface area contributed by atoms with Gasteiger partial charge < -0.3 is 9.84 Å². The Kier molecular flexibility index (Phi) is 5.35. The van der Waals surface area contributed by atoms with Crippen LogP contribution in [0.4, 0.5) is 0 Å². The Morgan fingerprint density at radius 3 is 2.93 bits per heavy atom. The van der Waals surface area contributed by atoms with Gasteiger partial charge >= 0.3 is 0 Å². The molecule has 0 bridgehead atoms. The first-order valence-corrected chi connectivity index (χ1v) is 5.84. The minimum Gasteiger partial charge on any atom is -0.485 e. The molecule has 0 saturated heterocycles. The molecule has 0 aliphatic carbocycles. The van der Waals surface area contributed by atoms with E-state index in [9.17, 15) is 0 Å². The predicted octanol–water partition coefficient (Wildman–Crippen LogP) is 2.79. The molecular formula is C10H11ClINO2. The van der Waals surface area contributed by atoms with Crippen LogP contribution >= 0.6 is 34.2 Å². The first-order valence-electron chi connectivity index (χ1n) is 4.38. The van der Waals surface area contributed by atoms with Gasteiger partial charge in [0.2, 0.25) is 0 Å². The van der Waals surface area contributed by atoms with Gasteiger partial charge in [-0.25, -0.2) is 4.98 Å². The third kappa shape index (κ3) is 3.62. The lowest BCUT2D eigenvalue weighted by molar-refractivity contribution is 0.276. The summed E-state index contributed by atoms with van der Waals surface area (Å²) in [4.78, 5) is 3.99. The summed E-state index contributed by atoms with van der Waals surface area (Å²) in [5.74, 6) is 0.563. The highest BCUT2D eigenvalue weighted by Crippen LogP contribution is 2.29. The summed E-state index contributed by atoms with van der Waals surface area (Å²) >= 11 is 8.02. The standard InChI is InChI=1S/C10H11ClINO2/c1-2-3-4-15-9-8(12)5-7(6-14)13-10(9)11/h2-3,5,14H,4,6H2,1H3/b3-2+. The van der Waals surface area contributed by atoms with Gasteiger partial charge in [-0.15, -0.1) is 0 Å². The van der Waals surface area contributed by atoms with Crippen LogP contribution in [0.15, 0.2) is 18.2 Å². The van der Waals surface area contributed by atoms with E-state index < -0.39 is 0 Å². The van der Waals surface area contributed by atoms with E-state index >= 15 is 0 Å². The molecule has 0 atom stereocenters. The second kappa shape index (κ2) is 6.30. The predicted molar refractivity (Wildman–Crippen MR) is 68.2 cm³/mol. The number of hydrogen-bond donors (Lipinski definition) is 1. The van der Waals surface area contributed by atoms with Crippen LogP contribution in [0.25, 0.3) is 0 Å². The number of ether oxygens (including phenoxy) is 1. The van der Waals surface area contributed by atoms with E-state index in [1.165, 1.54) is 0 Å². The lowest BCUT2D eigenvalue weighted by atomic mass is 10.3. The van der Waals surface area contributed by atoms with Crippen LogP contribution in [0, 0.1) is 3.57 Å². The fourth-order valence-electron chi connectivity index (χ4n) is 0.957. The Labute approximate surface area is 107 Å². The Morgan fingerprint density at radius 2 is 2.40 bits per heavy atom. The third-order valence-electron chi connectivity index (χ3n) is 1.66. The monoisotopic (exact) mass is 339 g/mol. The average Bonchev–Trinajstić information content (AvgIpc) is 2.22. The number of aliphatic hydroxyl groups excluding tert-OH is 1. The largest absolute Gasteiger partial charge is 0.485 e. The van der Waals surface area contributed by atoms with Crippen LogP contribution in [-0.2, 0) is 6.61 Å². The Bertz CT molecular complexity index is 345. The molecule has 3 nitrogen and oxygen atoms in total. The third-order valence-corrected chi connectivity index (χ3v) is 2.72. The van der Waals surface area contributed by atoms with Crippen molar-refractivity contribution in [3.8, 4) is 5.75 Å². The van der Waals surface area contributed by atoms with E-state index in [1.54, 1.807) is 6.07 Å². The number of aliphatic hydroxyl groups is 1. The summed E-state index contributed by atoms with van der Waals surface area (Å²) in [6.45, 7) is 2.26. The molecule has 1 rings (SSSR count). The molecular weight excluding hydrogens is 328 g/mol. The molecule has 0 amide bonds. The summed E-state index contributed by atoms with van der Waals surface area (Å²) in [7, 11) is 0. The minimum absolute atomic E-state index is 0.120. The first-order chi connectivity index (χ1) is 7.19. The highest BCUT2D eigenvalue weighted by molar-refractivity contribution is 14.1. The van der Waals surface area contributed by atoms with Crippen molar-refractivity contribution >= 4 is 34.2 Å². The summed E-state index contributed by atoms with van der Waals surface area (Å²) in [6, 6.07) is 1.75. The van der Waals surface area contributed by atoms with Crippen molar-refractivity contribution in [1.82, 2.24) is 4.98 Å². The summed E-state index contributed by atoms with van der Waals surface area (Å²) in [6.07, 6.45) is 3.78. The number of rotatable bonds is 4. The highest BCUT2D eigenvalue weighted by atomic mass is 127. The summed E-state index contributed by atoms with van der Waals surface area (Å²) in [5, 5.41) is 9.20. The zero-order valence-corrected chi connectivity index (χ0v) is 11.1. The molecule has 0 radical (unpaired) electrons. The lowest BCUT2D eigenvalue weighted by Gasteiger charge is -2.08. The topological polar surface area (TPSA) is 42.4 Å². The van der Waals surface area contributed by atoms with Crippen molar-refractivity contribution in [2.24, 2.45) is 0 Å². The van der Waals surface area contributed by atoms with Gasteiger partial charge in [0.1, 0.15) is 6.61 Å². The number of pyridine rings is 1. The molecule has 0 aliphatic rings. The van der Waals surface area contributed by atoms with Gasteiger partial charge in [-0.3, -0.25) is 0 Å². The Balaban J connectivity index is 2.88. The molecule has 82 valence electrons. The quantitative estimate of drug-likeness (QED) is 0.521. The summed E-state index contributed by atoms with van der Waals surface area (Å²) < 4.78 is 6.29. The van der Waals surface area contributed by atoms with Crippen molar-refractivity contribution < 1.29 is 9.84 Å². The molecule has 15 heavy (non-hydrogen) atoms. The van der Waals surface area contributed by atoms with Gasteiger partial charge in [0, 0.05) is 0 Å². The molecule has 0 saturated carbocycles. The van der Waals surface area contributed by atoms with Crippen molar-refractivity contribution in [1.29, 1.82) is 0 Å². The second-order valence-corrected chi connectivity index (χ2v) is 4.27. The fourth-order valence-corrected chi connectivity index (χ4v) is 2.15. The first kappa shape index (κ1) is 12.7. The van der Waals surface area contributed by atoms with E-state index in [1.807, 2.05) is 19.1 Å². The van der Waals surface area contributed by atoms with Crippen molar-refractivity contribution in [3.63, 3.8) is 0 Å². The maximum Gasteiger partial charge on any atom is 0.172 e. The average molecular weight is 340 g/mol. The van der Waals surface area contributed by atoms with Crippen molar-refractivity contribution in [2.45, 2.75) is 13.5 Å². The van der Waals surface area contributed by atoms with E-state index in [0.29, 0.717) is 18.1 Å². The normalized spacial score (nSPS) is 10.9. The van der Waals surface area contributed by atoms with E-state index in [4.69, 9.17) is 21.4 Å². The smallest absolute Gasteiger partial charge is 0.172 e. The van der Waals surface area contributed by atoms with Crippen LogP contribution in [0.5, 0.6) is 5.75 Å². The van der Waals surface area contributed by atoms with Crippen molar-refractivity contribution in [3.05, 3.63) is 32.6 Å². The summed E-state index contributed by atoms with van der Waals surface area (Å²) in [5.41, 5.74) is 0.544. The molecule has 1 aromatic rings. The van der Waals surface area contributed by atoms with Crippen LogP contribution in [0.1, 0.15) is 12.6 Å². The minimum atomic E-state index is -0.120. The van der Waals surface area contributed by atoms with E-state index in [-0.39, 0.29) is 11.8 Å². The number of hydrogen-bond acceptors (Lipinski definition) is 3. The number of allylic oxidation sites excluding steroid dienone is 1. The molecule has 0 spiro atoms. The lowest BCUT2D eigenvalue weighted by Crippen LogP contribution is -2.00. The Hall–Kier alpha value is -0.330. The number of aromatic nitrogens is 1. The van der Waals surface area contributed by atoms with E-state index in [2.05, 4.69) is 27.6 Å². The molecule has 0 aliphatic heterocycles. The van der Waals surface area contributed by atoms with Gasteiger partial charge in [0.25, 0.3) is 0 Å². The zero-order chi connectivity index (χ0) is 11.3. The van der Waals surface area contributed by atoms with Crippen LogP contribution in [0.3, 0.4) is 0 Å². The van der Waals surface area contributed by atoms with Gasteiger partial charge in [-0.1, -0.05) is 23.8 Å². The van der Waals surface area contributed by atoms with Gasteiger partial charge in [-0.2, -0.15) is 0 Å².